The Labute approximate surface area is 96.4 Å². The Morgan fingerprint density at radius 1 is 1.33 bits per heavy atom. The van der Waals surface area contributed by atoms with E-state index in [9.17, 15) is 0 Å². The predicted molar refractivity (Wildman–Crippen MR) is 64.7 cm³/mol. The molecule has 2 rings (SSSR count). The minimum Gasteiger partial charge on any atom is -0.378 e. The quantitative estimate of drug-likeness (QED) is 0.896. The second kappa shape index (κ2) is 4.24. The molecule has 6 heteroatoms. The van der Waals surface area contributed by atoms with Crippen LogP contribution in [-0.2, 0) is 0 Å². The zero-order valence-corrected chi connectivity index (χ0v) is 10.4. The Balaban J connectivity index is 2.37. The van der Waals surface area contributed by atoms with Crippen LogP contribution in [-0.4, -0.2) is 22.2 Å². The first-order chi connectivity index (χ1) is 7.22. The second-order valence-electron chi connectivity index (χ2n) is 3.38. The van der Waals surface area contributed by atoms with Gasteiger partial charge in [-0.25, -0.2) is 4.98 Å². The van der Waals surface area contributed by atoms with E-state index < -0.39 is 0 Å². The van der Waals surface area contributed by atoms with Gasteiger partial charge in [0.15, 0.2) is 5.01 Å². The third-order valence-electron chi connectivity index (χ3n) is 1.93. The number of rotatable bonds is 3. The van der Waals surface area contributed by atoms with Gasteiger partial charge in [0.05, 0.1) is 5.51 Å². The number of aromatic nitrogens is 3. The third kappa shape index (κ3) is 2.00. The summed E-state index contributed by atoms with van der Waals surface area (Å²) in [5, 5.41) is 14.4. The summed E-state index contributed by atoms with van der Waals surface area (Å²) >= 11 is 3.19. The first-order valence-corrected chi connectivity index (χ1v) is 6.37. The minimum atomic E-state index is 0.424. The molecule has 0 aromatic carbocycles. The average molecular weight is 240 g/mol. The number of thiazole rings is 1. The van der Waals surface area contributed by atoms with Crippen molar-refractivity contribution < 1.29 is 0 Å². The molecule has 2 heterocycles. The normalized spacial score (nSPS) is 10.9. The van der Waals surface area contributed by atoms with E-state index in [1.165, 1.54) is 0 Å². The summed E-state index contributed by atoms with van der Waals surface area (Å²) in [7, 11) is 1.89. The zero-order chi connectivity index (χ0) is 10.8. The summed E-state index contributed by atoms with van der Waals surface area (Å²) in [6, 6.07) is 0. The standard InChI is InChI=1S/C9H12N4S2/c1-5(2)7-12-13-9(15-7)6-8(10-3)14-4-11-6/h4-5,10H,1-3H3. The summed E-state index contributed by atoms with van der Waals surface area (Å²) in [6.45, 7) is 4.23. The van der Waals surface area contributed by atoms with Crippen LogP contribution in [0.15, 0.2) is 5.51 Å². The van der Waals surface area contributed by atoms with Crippen LogP contribution >= 0.6 is 22.7 Å². The van der Waals surface area contributed by atoms with Gasteiger partial charge >= 0.3 is 0 Å². The molecule has 0 fully saturated rings. The molecule has 0 bridgehead atoms. The fourth-order valence-electron chi connectivity index (χ4n) is 1.14. The molecule has 1 N–H and O–H groups in total. The van der Waals surface area contributed by atoms with Crippen molar-refractivity contribution >= 4 is 27.7 Å². The molecule has 0 spiro atoms. The Morgan fingerprint density at radius 2 is 2.13 bits per heavy atom. The van der Waals surface area contributed by atoms with Crippen LogP contribution in [0.1, 0.15) is 24.8 Å². The highest BCUT2D eigenvalue weighted by molar-refractivity contribution is 7.17. The maximum Gasteiger partial charge on any atom is 0.169 e. The second-order valence-corrected chi connectivity index (χ2v) is 5.24. The van der Waals surface area contributed by atoms with Gasteiger partial charge in [0.1, 0.15) is 15.7 Å². The highest BCUT2D eigenvalue weighted by atomic mass is 32.1. The van der Waals surface area contributed by atoms with Crippen molar-refractivity contribution in [2.45, 2.75) is 19.8 Å². The lowest BCUT2D eigenvalue weighted by molar-refractivity contribution is 0.825. The van der Waals surface area contributed by atoms with Gasteiger partial charge in [0.2, 0.25) is 0 Å². The Kier molecular flexibility index (Phi) is 2.97. The van der Waals surface area contributed by atoms with Gasteiger partial charge in [0.25, 0.3) is 0 Å². The molecule has 2 aromatic rings. The first-order valence-electron chi connectivity index (χ1n) is 4.67. The first kappa shape index (κ1) is 10.5. The van der Waals surface area contributed by atoms with Crippen LogP contribution in [0.5, 0.6) is 0 Å². The lowest BCUT2D eigenvalue weighted by Crippen LogP contribution is -1.87. The third-order valence-corrected chi connectivity index (χ3v) is 4.01. The number of nitrogens with zero attached hydrogens (tertiary/aromatic N) is 3. The van der Waals surface area contributed by atoms with Crippen LogP contribution in [0.2, 0.25) is 0 Å². The van der Waals surface area contributed by atoms with Gasteiger partial charge in [-0.15, -0.1) is 21.5 Å². The molecule has 0 radical (unpaired) electrons. The topological polar surface area (TPSA) is 50.7 Å². The fraction of sp³-hybridized carbons (Fsp3) is 0.444. The average Bonchev–Trinajstić information content (AvgIpc) is 2.85. The van der Waals surface area contributed by atoms with E-state index in [4.69, 9.17) is 0 Å². The molecule has 0 aliphatic carbocycles. The number of anilines is 1. The van der Waals surface area contributed by atoms with E-state index in [0.717, 1.165) is 20.7 Å². The van der Waals surface area contributed by atoms with Crippen LogP contribution in [0.25, 0.3) is 10.7 Å². The van der Waals surface area contributed by atoms with E-state index in [1.54, 1.807) is 22.7 Å². The molecule has 0 atom stereocenters. The van der Waals surface area contributed by atoms with Crippen molar-refractivity contribution in [2.24, 2.45) is 0 Å². The van der Waals surface area contributed by atoms with Crippen LogP contribution in [0, 0.1) is 0 Å². The van der Waals surface area contributed by atoms with E-state index >= 15 is 0 Å². The molecule has 0 amide bonds. The number of nitrogens with one attached hydrogen (secondary N) is 1. The molecule has 0 saturated carbocycles. The van der Waals surface area contributed by atoms with Crippen LogP contribution in [0.3, 0.4) is 0 Å². The number of hydrogen-bond donors (Lipinski definition) is 1. The number of hydrogen-bond acceptors (Lipinski definition) is 6. The van der Waals surface area contributed by atoms with E-state index in [2.05, 4.69) is 34.3 Å². The zero-order valence-electron chi connectivity index (χ0n) is 8.81. The largest absolute Gasteiger partial charge is 0.378 e. The van der Waals surface area contributed by atoms with E-state index in [1.807, 2.05) is 12.6 Å². The van der Waals surface area contributed by atoms with Gasteiger partial charge in [-0.1, -0.05) is 25.2 Å². The Hall–Kier alpha value is -1.01. The van der Waals surface area contributed by atoms with Crippen molar-refractivity contribution in [3.63, 3.8) is 0 Å². The highest BCUT2D eigenvalue weighted by Crippen LogP contribution is 2.33. The molecule has 0 aliphatic rings. The van der Waals surface area contributed by atoms with Crippen molar-refractivity contribution in [3.05, 3.63) is 10.5 Å². The van der Waals surface area contributed by atoms with Gasteiger partial charge in [-0.3, -0.25) is 0 Å². The van der Waals surface area contributed by atoms with Gasteiger partial charge < -0.3 is 5.32 Å². The molecular formula is C9H12N4S2. The van der Waals surface area contributed by atoms with Gasteiger partial charge in [0, 0.05) is 13.0 Å². The lowest BCUT2D eigenvalue weighted by atomic mass is 10.2. The summed E-state index contributed by atoms with van der Waals surface area (Å²) in [4.78, 5) is 4.29. The maximum absolute atomic E-state index is 4.29. The Bertz CT molecular complexity index is 446. The molecule has 0 saturated heterocycles. The van der Waals surface area contributed by atoms with Crippen LogP contribution in [0.4, 0.5) is 5.00 Å². The minimum absolute atomic E-state index is 0.424. The highest BCUT2D eigenvalue weighted by Gasteiger charge is 2.14. The van der Waals surface area contributed by atoms with Crippen LogP contribution < -0.4 is 5.32 Å². The summed E-state index contributed by atoms with van der Waals surface area (Å²) in [5.41, 5.74) is 2.73. The van der Waals surface area contributed by atoms with Crippen molar-refractivity contribution in [1.82, 2.24) is 15.2 Å². The van der Waals surface area contributed by atoms with Crippen molar-refractivity contribution in [3.8, 4) is 10.7 Å². The van der Waals surface area contributed by atoms with Crippen molar-refractivity contribution in [2.75, 3.05) is 12.4 Å². The Morgan fingerprint density at radius 3 is 2.73 bits per heavy atom. The summed E-state index contributed by atoms with van der Waals surface area (Å²) in [6.07, 6.45) is 0. The molecule has 2 aromatic heterocycles. The van der Waals surface area contributed by atoms with Gasteiger partial charge in [-0.05, 0) is 0 Å². The predicted octanol–water partition coefficient (Wildman–Crippen LogP) is 2.83. The summed E-state index contributed by atoms with van der Waals surface area (Å²) in [5.74, 6) is 0.424. The van der Waals surface area contributed by atoms with E-state index in [-0.39, 0.29) is 0 Å². The summed E-state index contributed by atoms with van der Waals surface area (Å²) < 4.78 is 0. The molecule has 0 unspecified atom stereocenters. The lowest BCUT2D eigenvalue weighted by Gasteiger charge is -1.96. The SMILES string of the molecule is CNc1scnc1-c1nnc(C(C)C)s1. The smallest absolute Gasteiger partial charge is 0.169 e. The van der Waals surface area contributed by atoms with Crippen molar-refractivity contribution in [1.29, 1.82) is 0 Å². The molecular weight excluding hydrogens is 228 g/mol. The van der Waals surface area contributed by atoms with E-state index in [0.29, 0.717) is 5.92 Å². The molecule has 4 nitrogen and oxygen atoms in total. The maximum atomic E-state index is 4.29. The fourth-order valence-corrected chi connectivity index (χ4v) is 2.69. The monoisotopic (exact) mass is 240 g/mol. The molecule has 15 heavy (non-hydrogen) atoms. The van der Waals surface area contributed by atoms with Gasteiger partial charge in [-0.2, -0.15) is 0 Å². The molecule has 80 valence electrons. The molecule has 0 aliphatic heterocycles.